The van der Waals surface area contributed by atoms with Crippen molar-refractivity contribution in [3.63, 3.8) is 0 Å². The summed E-state index contributed by atoms with van der Waals surface area (Å²) in [6.07, 6.45) is 4.85. The highest BCUT2D eigenvalue weighted by Gasteiger charge is 2.37. The maximum absolute atomic E-state index is 12.6. The minimum Gasteiger partial charge on any atom is -0.325 e. The first kappa shape index (κ1) is 16.6. The lowest BCUT2D eigenvalue weighted by Gasteiger charge is -2.14. The molecule has 0 radical (unpaired) electrons. The van der Waals surface area contributed by atoms with E-state index in [1.54, 1.807) is 0 Å². The fraction of sp³-hybridized carbons (Fsp3) is 0.526. The third-order valence-corrected chi connectivity index (χ3v) is 5.90. The van der Waals surface area contributed by atoms with Crippen molar-refractivity contribution in [2.45, 2.75) is 68.8 Å². The zero-order chi connectivity index (χ0) is 17.6. The lowest BCUT2D eigenvalue weighted by Crippen LogP contribution is -2.23. The molecule has 1 atom stereocenters. The van der Waals surface area contributed by atoms with E-state index in [0.29, 0.717) is 12.0 Å². The smallest absolute Gasteiger partial charge is 0.237 e. The Morgan fingerprint density at radius 3 is 2.68 bits per heavy atom. The van der Waals surface area contributed by atoms with Gasteiger partial charge in [0.05, 0.1) is 5.25 Å². The number of aromatic nitrogens is 3. The van der Waals surface area contributed by atoms with Gasteiger partial charge in [0, 0.05) is 17.6 Å². The number of hydrogen-bond acceptors (Lipinski definition) is 4. The molecule has 2 saturated carbocycles. The van der Waals surface area contributed by atoms with Crippen LogP contribution in [0.3, 0.4) is 0 Å². The van der Waals surface area contributed by atoms with E-state index in [2.05, 4.69) is 26.1 Å². The van der Waals surface area contributed by atoms with E-state index in [1.165, 1.54) is 37.4 Å². The molecule has 0 unspecified atom stereocenters. The van der Waals surface area contributed by atoms with Gasteiger partial charge in [-0.15, -0.1) is 10.2 Å². The van der Waals surface area contributed by atoms with Crippen molar-refractivity contribution < 1.29 is 4.79 Å². The van der Waals surface area contributed by atoms with E-state index >= 15 is 0 Å². The fourth-order valence-corrected chi connectivity index (χ4v) is 3.91. The molecule has 2 aromatic rings. The number of hydrogen-bond donors (Lipinski definition) is 1. The van der Waals surface area contributed by atoms with Gasteiger partial charge in [-0.05, 0) is 63.6 Å². The molecule has 1 aromatic carbocycles. The number of carbonyl (C=O) groups excluding carboxylic acids is 1. The summed E-state index contributed by atoms with van der Waals surface area (Å²) in [5.41, 5.74) is 3.11. The summed E-state index contributed by atoms with van der Waals surface area (Å²) in [6, 6.07) is 6.65. The van der Waals surface area contributed by atoms with E-state index in [-0.39, 0.29) is 11.2 Å². The van der Waals surface area contributed by atoms with Gasteiger partial charge in [0.1, 0.15) is 5.82 Å². The lowest BCUT2D eigenvalue weighted by molar-refractivity contribution is -0.115. The topological polar surface area (TPSA) is 59.8 Å². The summed E-state index contributed by atoms with van der Waals surface area (Å²) in [5.74, 6) is 1.73. The Balaban J connectivity index is 1.47. The minimum absolute atomic E-state index is 0.0111. The van der Waals surface area contributed by atoms with Crippen LogP contribution in [0, 0.1) is 13.8 Å². The van der Waals surface area contributed by atoms with Crippen molar-refractivity contribution in [3.8, 4) is 0 Å². The zero-order valence-corrected chi connectivity index (χ0v) is 15.8. The molecule has 0 aliphatic heterocycles. The SMILES string of the molecule is Cc1ccc(C)c(NC(=O)[C@@H](C)Sc2nnc(C3CC3)n2C2CC2)c1. The van der Waals surface area contributed by atoms with Gasteiger partial charge in [-0.3, -0.25) is 4.79 Å². The molecule has 1 amide bonds. The number of amides is 1. The Bertz CT molecular complexity index is 808. The number of nitrogens with zero attached hydrogens (tertiary/aromatic N) is 3. The Kier molecular flexibility index (Phi) is 4.31. The summed E-state index contributed by atoms with van der Waals surface area (Å²) in [7, 11) is 0. The van der Waals surface area contributed by atoms with Crippen molar-refractivity contribution in [2.75, 3.05) is 5.32 Å². The van der Waals surface area contributed by atoms with Crippen LogP contribution in [0.5, 0.6) is 0 Å². The average Bonchev–Trinajstić information content (AvgIpc) is 3.50. The summed E-state index contributed by atoms with van der Waals surface area (Å²) in [6.45, 7) is 5.98. The summed E-state index contributed by atoms with van der Waals surface area (Å²) < 4.78 is 2.30. The fourth-order valence-electron chi connectivity index (χ4n) is 2.98. The van der Waals surface area contributed by atoms with Crippen LogP contribution in [0.15, 0.2) is 23.4 Å². The Morgan fingerprint density at radius 1 is 1.24 bits per heavy atom. The van der Waals surface area contributed by atoms with E-state index < -0.39 is 0 Å². The van der Waals surface area contributed by atoms with E-state index in [9.17, 15) is 4.79 Å². The second kappa shape index (κ2) is 6.48. The largest absolute Gasteiger partial charge is 0.325 e. The van der Waals surface area contributed by atoms with Gasteiger partial charge >= 0.3 is 0 Å². The molecule has 0 bridgehead atoms. The summed E-state index contributed by atoms with van der Waals surface area (Å²) in [4.78, 5) is 12.6. The van der Waals surface area contributed by atoms with Gasteiger partial charge in [0.15, 0.2) is 5.16 Å². The van der Waals surface area contributed by atoms with E-state index in [0.717, 1.165) is 27.8 Å². The standard InChI is InChI=1S/C19H24N4OS/c1-11-4-5-12(2)16(10-11)20-18(24)13(3)25-19-22-21-17(14-6-7-14)23(19)15-8-9-15/h4-5,10,13-15H,6-9H2,1-3H3,(H,20,24)/t13-/m1/s1. The van der Waals surface area contributed by atoms with Gasteiger partial charge in [-0.1, -0.05) is 23.9 Å². The van der Waals surface area contributed by atoms with Gasteiger partial charge in [-0.25, -0.2) is 0 Å². The quantitative estimate of drug-likeness (QED) is 0.787. The van der Waals surface area contributed by atoms with Crippen LogP contribution in [-0.2, 0) is 4.79 Å². The lowest BCUT2D eigenvalue weighted by atomic mass is 10.1. The highest BCUT2D eigenvalue weighted by atomic mass is 32.2. The number of rotatable bonds is 6. The molecule has 6 heteroatoms. The van der Waals surface area contributed by atoms with Gasteiger partial charge < -0.3 is 9.88 Å². The molecule has 2 aliphatic rings. The highest BCUT2D eigenvalue weighted by molar-refractivity contribution is 8.00. The van der Waals surface area contributed by atoms with Gasteiger partial charge in [-0.2, -0.15) is 0 Å². The van der Waals surface area contributed by atoms with E-state index in [1.807, 2.05) is 32.9 Å². The summed E-state index contributed by atoms with van der Waals surface area (Å²) >= 11 is 1.52. The van der Waals surface area contributed by atoms with Crippen LogP contribution < -0.4 is 5.32 Å². The molecule has 132 valence electrons. The normalized spacial score (nSPS) is 18.2. The van der Waals surface area contributed by atoms with Crippen molar-refractivity contribution in [3.05, 3.63) is 35.2 Å². The molecule has 25 heavy (non-hydrogen) atoms. The molecular formula is C19H24N4OS. The average molecular weight is 356 g/mol. The first-order valence-electron chi connectivity index (χ1n) is 9.02. The first-order chi connectivity index (χ1) is 12.0. The Morgan fingerprint density at radius 2 is 2.00 bits per heavy atom. The van der Waals surface area contributed by atoms with E-state index in [4.69, 9.17) is 0 Å². The van der Waals surface area contributed by atoms with Crippen LogP contribution in [0.4, 0.5) is 5.69 Å². The molecule has 1 N–H and O–H groups in total. The van der Waals surface area contributed by atoms with Crippen molar-refractivity contribution in [1.82, 2.24) is 14.8 Å². The second-order valence-electron chi connectivity index (χ2n) is 7.28. The Labute approximate surface area is 152 Å². The van der Waals surface area contributed by atoms with Crippen LogP contribution in [-0.4, -0.2) is 25.9 Å². The van der Waals surface area contributed by atoms with Gasteiger partial charge in [0.25, 0.3) is 0 Å². The molecule has 1 aromatic heterocycles. The maximum atomic E-state index is 12.6. The molecule has 4 rings (SSSR count). The monoisotopic (exact) mass is 356 g/mol. The van der Waals surface area contributed by atoms with Crippen LogP contribution in [0.25, 0.3) is 0 Å². The molecule has 0 spiro atoms. The zero-order valence-electron chi connectivity index (χ0n) is 15.0. The van der Waals surface area contributed by atoms with Crippen LogP contribution in [0.1, 0.15) is 61.5 Å². The minimum atomic E-state index is -0.214. The number of carbonyl (C=O) groups is 1. The highest BCUT2D eigenvalue weighted by Crippen LogP contribution is 2.46. The number of anilines is 1. The van der Waals surface area contributed by atoms with Crippen LogP contribution in [0.2, 0.25) is 0 Å². The molecular weight excluding hydrogens is 332 g/mol. The molecule has 1 heterocycles. The van der Waals surface area contributed by atoms with Gasteiger partial charge in [0.2, 0.25) is 5.91 Å². The molecule has 0 saturated heterocycles. The van der Waals surface area contributed by atoms with Crippen LogP contribution >= 0.6 is 11.8 Å². The number of aryl methyl sites for hydroxylation is 2. The Hall–Kier alpha value is -1.82. The summed E-state index contributed by atoms with van der Waals surface area (Å²) in [5, 5.41) is 12.6. The van der Waals surface area contributed by atoms with Crippen molar-refractivity contribution in [1.29, 1.82) is 0 Å². The first-order valence-corrected chi connectivity index (χ1v) is 9.90. The predicted octanol–water partition coefficient (Wildman–Crippen LogP) is 4.23. The van der Waals surface area contributed by atoms with Crippen molar-refractivity contribution >= 4 is 23.4 Å². The molecule has 2 fully saturated rings. The number of thioether (sulfide) groups is 1. The molecule has 2 aliphatic carbocycles. The van der Waals surface area contributed by atoms with Crippen molar-refractivity contribution in [2.24, 2.45) is 0 Å². The maximum Gasteiger partial charge on any atom is 0.237 e. The number of benzene rings is 1. The molecule has 5 nitrogen and oxygen atoms in total. The third kappa shape index (κ3) is 3.59. The number of nitrogens with one attached hydrogen (secondary N) is 1. The third-order valence-electron chi connectivity index (χ3n) is 4.85. The predicted molar refractivity (Wildman–Crippen MR) is 100 cm³/mol. The second-order valence-corrected chi connectivity index (χ2v) is 8.59.